The van der Waals surface area contributed by atoms with Crippen LogP contribution in [0.3, 0.4) is 0 Å². The van der Waals surface area contributed by atoms with Gasteiger partial charge in [-0.3, -0.25) is 9.59 Å². The first-order valence-corrected chi connectivity index (χ1v) is 9.98. The van der Waals surface area contributed by atoms with Gasteiger partial charge in [0.15, 0.2) is 0 Å². The quantitative estimate of drug-likeness (QED) is 0.581. The molecule has 0 radical (unpaired) electrons. The Morgan fingerprint density at radius 2 is 1.89 bits per heavy atom. The van der Waals surface area contributed by atoms with Crippen molar-refractivity contribution < 1.29 is 19.5 Å². The number of rotatable bonds is 10. The minimum absolute atomic E-state index is 0.147. The van der Waals surface area contributed by atoms with Crippen molar-refractivity contribution in [2.24, 2.45) is 5.92 Å². The van der Waals surface area contributed by atoms with E-state index in [1.807, 2.05) is 26.0 Å². The van der Waals surface area contributed by atoms with E-state index in [1.165, 1.54) is 15.6 Å². The Labute approximate surface area is 163 Å². The molecule has 0 fully saturated rings. The fourth-order valence-electron chi connectivity index (χ4n) is 2.87. The molecular formula is C20H26N2O4S. The highest BCUT2D eigenvalue weighted by Gasteiger charge is 2.21. The molecule has 1 heterocycles. The van der Waals surface area contributed by atoms with E-state index in [0.29, 0.717) is 19.3 Å². The average molecular weight is 391 g/mol. The summed E-state index contributed by atoms with van der Waals surface area (Å²) in [5.41, 5.74) is 1.24. The number of benzene rings is 1. The van der Waals surface area contributed by atoms with Crippen LogP contribution in [0.2, 0.25) is 0 Å². The molecule has 1 aromatic heterocycles. The van der Waals surface area contributed by atoms with Gasteiger partial charge in [0.25, 0.3) is 0 Å². The molecule has 2 aromatic rings. The fourth-order valence-corrected chi connectivity index (χ4v) is 3.87. The van der Waals surface area contributed by atoms with Gasteiger partial charge in [-0.15, -0.1) is 11.3 Å². The third kappa shape index (κ3) is 6.67. The number of carboxylic acid groups (broad SMARTS) is 1. The molecule has 0 aliphatic heterocycles. The maximum absolute atomic E-state index is 11.9. The molecular weight excluding hydrogens is 364 g/mol. The molecule has 2 rings (SSSR count). The van der Waals surface area contributed by atoms with Gasteiger partial charge in [-0.2, -0.15) is 0 Å². The predicted octanol–water partition coefficient (Wildman–Crippen LogP) is 2.96. The lowest BCUT2D eigenvalue weighted by Crippen LogP contribution is -2.46. The standard InChI is InChI=1S/C20H26N2O4S/c1-13(2)10-16(20(25)26)22-19(24)11-21-18(23)9-5-6-14-12-27-17-8-4-3-7-15(14)17/h3-4,7-8,12-13,16H,5-6,9-11H2,1-2H3,(H,21,23)(H,22,24)(H,25,26)/t16-/m0/s1. The zero-order valence-electron chi connectivity index (χ0n) is 15.7. The summed E-state index contributed by atoms with van der Waals surface area (Å²) in [5.74, 6) is -1.61. The number of fused-ring (bicyclic) bond motifs is 1. The molecule has 0 unspecified atom stereocenters. The minimum atomic E-state index is -1.06. The molecule has 0 bridgehead atoms. The summed E-state index contributed by atoms with van der Waals surface area (Å²) in [6.45, 7) is 3.57. The number of hydrogen-bond acceptors (Lipinski definition) is 4. The summed E-state index contributed by atoms with van der Waals surface area (Å²) in [6.07, 6.45) is 2.17. The molecule has 146 valence electrons. The number of amides is 2. The minimum Gasteiger partial charge on any atom is -0.480 e. The zero-order valence-corrected chi connectivity index (χ0v) is 16.5. The maximum Gasteiger partial charge on any atom is 0.326 e. The molecule has 0 aliphatic rings. The smallest absolute Gasteiger partial charge is 0.326 e. The number of carbonyl (C=O) groups is 3. The molecule has 27 heavy (non-hydrogen) atoms. The number of aliphatic carboxylic acids is 1. The second-order valence-electron chi connectivity index (χ2n) is 6.98. The first kappa shape index (κ1) is 20.9. The third-order valence-corrected chi connectivity index (χ3v) is 5.21. The van der Waals surface area contributed by atoms with Crippen molar-refractivity contribution in [2.75, 3.05) is 6.54 Å². The highest BCUT2D eigenvalue weighted by molar-refractivity contribution is 7.17. The first-order chi connectivity index (χ1) is 12.9. The average Bonchev–Trinajstić information content (AvgIpc) is 3.02. The van der Waals surface area contributed by atoms with Crippen LogP contribution in [0.5, 0.6) is 0 Å². The van der Waals surface area contributed by atoms with Crippen molar-refractivity contribution in [3.8, 4) is 0 Å². The zero-order chi connectivity index (χ0) is 19.8. The summed E-state index contributed by atoms with van der Waals surface area (Å²) in [7, 11) is 0. The van der Waals surface area contributed by atoms with Gasteiger partial charge in [0.05, 0.1) is 6.54 Å². The SMILES string of the molecule is CC(C)C[C@H](NC(=O)CNC(=O)CCCc1csc2ccccc12)C(=O)O. The van der Waals surface area contributed by atoms with Crippen molar-refractivity contribution in [1.29, 1.82) is 0 Å². The number of hydrogen-bond donors (Lipinski definition) is 3. The van der Waals surface area contributed by atoms with Gasteiger partial charge < -0.3 is 15.7 Å². The lowest BCUT2D eigenvalue weighted by molar-refractivity contribution is -0.142. The van der Waals surface area contributed by atoms with Gasteiger partial charge >= 0.3 is 5.97 Å². The third-order valence-electron chi connectivity index (χ3n) is 4.20. The molecule has 2 amide bonds. The number of carbonyl (C=O) groups excluding carboxylic acids is 2. The lowest BCUT2D eigenvalue weighted by Gasteiger charge is -2.16. The van der Waals surface area contributed by atoms with E-state index in [0.717, 1.165) is 6.42 Å². The van der Waals surface area contributed by atoms with E-state index in [9.17, 15) is 14.4 Å². The Balaban J connectivity index is 1.71. The normalized spacial score (nSPS) is 12.1. The fraction of sp³-hybridized carbons (Fsp3) is 0.450. The molecule has 1 atom stereocenters. The Bertz CT molecular complexity index is 800. The van der Waals surface area contributed by atoms with Gasteiger partial charge in [-0.25, -0.2) is 4.79 Å². The van der Waals surface area contributed by atoms with Crippen LogP contribution in [-0.2, 0) is 20.8 Å². The van der Waals surface area contributed by atoms with Crippen LogP contribution >= 0.6 is 11.3 Å². The van der Waals surface area contributed by atoms with Gasteiger partial charge in [0, 0.05) is 11.1 Å². The summed E-state index contributed by atoms with van der Waals surface area (Å²) in [5, 5.41) is 17.5. The predicted molar refractivity (Wildman–Crippen MR) is 107 cm³/mol. The number of nitrogens with one attached hydrogen (secondary N) is 2. The highest BCUT2D eigenvalue weighted by Crippen LogP contribution is 2.26. The number of thiophene rings is 1. The first-order valence-electron chi connectivity index (χ1n) is 9.10. The van der Waals surface area contributed by atoms with Gasteiger partial charge in [0.1, 0.15) is 6.04 Å². The molecule has 6 nitrogen and oxygen atoms in total. The Kier molecular flexibility index (Phi) is 7.79. The topological polar surface area (TPSA) is 95.5 Å². The molecule has 0 aliphatic carbocycles. The van der Waals surface area contributed by atoms with Crippen molar-refractivity contribution in [3.63, 3.8) is 0 Å². The van der Waals surface area contributed by atoms with Crippen molar-refractivity contribution in [1.82, 2.24) is 10.6 Å². The molecule has 7 heteroatoms. The summed E-state index contributed by atoms with van der Waals surface area (Å²) in [6, 6.07) is 7.26. The van der Waals surface area contributed by atoms with E-state index in [1.54, 1.807) is 11.3 Å². The van der Waals surface area contributed by atoms with Crippen LogP contribution in [-0.4, -0.2) is 35.5 Å². The van der Waals surface area contributed by atoms with E-state index >= 15 is 0 Å². The van der Waals surface area contributed by atoms with Gasteiger partial charge in [-0.05, 0) is 47.6 Å². The van der Waals surface area contributed by atoms with Crippen LogP contribution in [0.1, 0.15) is 38.7 Å². The van der Waals surface area contributed by atoms with Crippen LogP contribution in [0.25, 0.3) is 10.1 Å². The Morgan fingerprint density at radius 3 is 2.59 bits per heavy atom. The molecule has 1 aromatic carbocycles. The van der Waals surface area contributed by atoms with Gasteiger partial charge in [0.2, 0.25) is 11.8 Å². The van der Waals surface area contributed by atoms with Gasteiger partial charge in [-0.1, -0.05) is 32.0 Å². The van der Waals surface area contributed by atoms with E-state index in [-0.39, 0.29) is 18.4 Å². The van der Waals surface area contributed by atoms with E-state index in [4.69, 9.17) is 5.11 Å². The summed E-state index contributed by atoms with van der Waals surface area (Å²) >= 11 is 1.70. The molecule has 0 saturated heterocycles. The van der Waals surface area contributed by atoms with Crippen molar-refractivity contribution in [3.05, 3.63) is 35.2 Å². The Morgan fingerprint density at radius 1 is 1.15 bits per heavy atom. The van der Waals surface area contributed by atoms with Crippen LogP contribution in [0.4, 0.5) is 0 Å². The summed E-state index contributed by atoms with van der Waals surface area (Å²) < 4.78 is 1.24. The monoisotopic (exact) mass is 390 g/mol. The van der Waals surface area contributed by atoms with Crippen LogP contribution < -0.4 is 10.6 Å². The van der Waals surface area contributed by atoms with Crippen LogP contribution in [0.15, 0.2) is 29.6 Å². The van der Waals surface area contributed by atoms with E-state index < -0.39 is 17.9 Å². The largest absolute Gasteiger partial charge is 0.480 e. The second kappa shape index (κ2) is 10.1. The number of carboxylic acids is 1. The maximum atomic E-state index is 11.9. The Hall–Kier alpha value is -2.41. The van der Waals surface area contributed by atoms with Crippen molar-refractivity contribution in [2.45, 2.75) is 45.6 Å². The molecule has 0 saturated carbocycles. The van der Waals surface area contributed by atoms with Crippen LogP contribution in [0, 0.1) is 5.92 Å². The highest BCUT2D eigenvalue weighted by atomic mass is 32.1. The molecule has 3 N–H and O–H groups in total. The molecule has 0 spiro atoms. The summed E-state index contributed by atoms with van der Waals surface area (Å²) in [4.78, 5) is 34.9. The second-order valence-corrected chi connectivity index (χ2v) is 7.89. The van der Waals surface area contributed by atoms with E-state index in [2.05, 4.69) is 28.1 Å². The lowest BCUT2D eigenvalue weighted by atomic mass is 10.0. The van der Waals surface area contributed by atoms with Crippen molar-refractivity contribution >= 4 is 39.2 Å². The number of aryl methyl sites for hydroxylation is 1.